The number of fused-ring (bicyclic) bond motifs is 18. The predicted molar refractivity (Wildman–Crippen MR) is 365 cm³/mol. The van der Waals surface area contributed by atoms with Crippen molar-refractivity contribution in [1.82, 2.24) is 0 Å². The van der Waals surface area contributed by atoms with Crippen LogP contribution >= 0.6 is 0 Å². The maximum atomic E-state index is 2.57. The maximum Gasteiger partial charge on any atom is 0.0731 e. The van der Waals surface area contributed by atoms with Crippen molar-refractivity contribution in [3.05, 3.63) is 336 Å². The van der Waals surface area contributed by atoms with Gasteiger partial charge >= 0.3 is 0 Å². The molecule has 2 heteroatoms. The first-order chi connectivity index (χ1) is 42.7. The molecule has 0 saturated carbocycles. The first kappa shape index (κ1) is 49.8. The minimum Gasteiger partial charge on any atom is -0.309 e. The van der Waals surface area contributed by atoms with E-state index < -0.39 is 5.41 Å². The van der Waals surface area contributed by atoms with Gasteiger partial charge in [0, 0.05) is 33.3 Å². The van der Waals surface area contributed by atoms with Gasteiger partial charge in [-0.2, -0.15) is 0 Å². The van der Waals surface area contributed by atoms with Crippen LogP contribution in [-0.4, -0.2) is 0 Å². The highest BCUT2D eigenvalue weighted by Crippen LogP contribution is 2.67. The monoisotopic (exact) mass is 1110 g/mol. The Hall–Kier alpha value is -10.5. The Bertz CT molecular complexity index is 4980. The molecule has 410 valence electrons. The largest absolute Gasteiger partial charge is 0.309 e. The summed E-state index contributed by atoms with van der Waals surface area (Å²) in [6.45, 7) is 9.62. The van der Waals surface area contributed by atoms with Crippen LogP contribution in [0.15, 0.2) is 291 Å². The molecule has 87 heavy (non-hydrogen) atoms. The van der Waals surface area contributed by atoms with Gasteiger partial charge in [-0.3, -0.25) is 0 Å². The zero-order valence-corrected chi connectivity index (χ0v) is 49.1. The molecule has 0 atom stereocenters. The minimum atomic E-state index is -0.622. The van der Waals surface area contributed by atoms with Gasteiger partial charge in [0.2, 0.25) is 0 Å². The van der Waals surface area contributed by atoms with Gasteiger partial charge < -0.3 is 9.80 Å². The topological polar surface area (TPSA) is 6.48 Å². The van der Waals surface area contributed by atoms with E-state index in [1.165, 1.54) is 155 Å². The number of para-hydroxylation sites is 6. The van der Waals surface area contributed by atoms with E-state index in [1.54, 1.807) is 0 Å². The summed E-state index contributed by atoms with van der Waals surface area (Å²) >= 11 is 0. The third-order valence-corrected chi connectivity index (χ3v) is 20.4. The van der Waals surface area contributed by atoms with E-state index in [4.69, 9.17) is 0 Å². The first-order valence-electron chi connectivity index (χ1n) is 30.8. The van der Waals surface area contributed by atoms with Gasteiger partial charge in [-0.15, -0.1) is 0 Å². The average Bonchev–Trinajstić information content (AvgIpc) is 1.51. The molecular formula is C85H60N2. The lowest BCUT2D eigenvalue weighted by Crippen LogP contribution is -2.31. The number of rotatable bonds is 5. The summed E-state index contributed by atoms with van der Waals surface area (Å²) < 4.78 is 0. The fourth-order valence-electron chi connectivity index (χ4n) is 16.7. The summed E-state index contributed by atoms with van der Waals surface area (Å²) in [7, 11) is 0. The van der Waals surface area contributed by atoms with Gasteiger partial charge in [-0.1, -0.05) is 276 Å². The molecule has 2 aliphatic heterocycles. The van der Waals surface area contributed by atoms with Crippen molar-refractivity contribution < 1.29 is 0 Å². The molecule has 2 heterocycles. The van der Waals surface area contributed by atoms with Crippen LogP contribution in [-0.2, 0) is 16.2 Å². The van der Waals surface area contributed by atoms with E-state index in [2.05, 4.69) is 329 Å². The van der Waals surface area contributed by atoms with E-state index in [0.717, 1.165) is 11.4 Å². The molecule has 0 unspecified atom stereocenters. The Balaban J connectivity index is 1.00. The Morgan fingerprint density at radius 2 is 0.621 bits per heavy atom. The van der Waals surface area contributed by atoms with Crippen molar-refractivity contribution in [2.75, 3.05) is 9.80 Å². The van der Waals surface area contributed by atoms with E-state index in [1.807, 2.05) is 0 Å². The second-order valence-electron chi connectivity index (χ2n) is 25.4. The van der Waals surface area contributed by atoms with Crippen LogP contribution in [0.2, 0.25) is 0 Å². The quantitative estimate of drug-likeness (QED) is 0.159. The molecule has 14 aromatic rings. The van der Waals surface area contributed by atoms with Crippen molar-refractivity contribution in [3.8, 4) is 55.6 Å². The van der Waals surface area contributed by atoms with Crippen molar-refractivity contribution in [2.45, 2.75) is 43.9 Å². The zero-order chi connectivity index (χ0) is 57.9. The van der Waals surface area contributed by atoms with Crippen molar-refractivity contribution in [1.29, 1.82) is 0 Å². The molecule has 0 radical (unpaired) electrons. The first-order valence-corrected chi connectivity index (χ1v) is 30.8. The molecule has 0 bridgehead atoms. The van der Waals surface area contributed by atoms with Crippen LogP contribution in [0.4, 0.5) is 34.1 Å². The second-order valence-corrected chi connectivity index (χ2v) is 25.4. The Labute approximate surface area is 508 Å². The highest BCUT2D eigenvalue weighted by Gasteiger charge is 2.53. The Morgan fingerprint density at radius 3 is 1.16 bits per heavy atom. The highest BCUT2D eigenvalue weighted by molar-refractivity contribution is 6.22. The van der Waals surface area contributed by atoms with Crippen LogP contribution in [0.5, 0.6) is 0 Å². The SMILES string of the molecule is CC1(C)c2ccccc2N(c2ccccc2)c2c(-c3cccc4c(-c5cccc6c5C5(c7ccccc7-c7ccccc75)c5ccc7ccccc7c5-6)c5cccc(-c6cccc7c6N(c6ccccc6)c6ccccc6C7(C)C)c5cc34)cccc21. The summed E-state index contributed by atoms with van der Waals surface area (Å²) in [5, 5.41) is 7.38. The van der Waals surface area contributed by atoms with Gasteiger partial charge in [-0.25, -0.2) is 0 Å². The molecule has 0 N–H and O–H groups in total. The number of hydrogen-bond donors (Lipinski definition) is 0. The van der Waals surface area contributed by atoms with Crippen molar-refractivity contribution in [2.24, 2.45) is 0 Å². The standard InChI is InChI=1S/C85H60N2/c1-83(2)71-44-17-19-48-76(71)86(54-27-7-5-8-28-54)81-63(38-24-46-74(81)83)57-34-21-36-61-67(57)52-68-58(64-39-25-47-75-82(64)87(55-29-9-6-10-30-55)77-49-20-18-45-72(77)84(75,3)4)35-22-37-62(68)78(61)65-40-23-41-66-79-56-31-12-11-26-53(56)50-51-73(79)85(80(65)66)69-42-15-13-32-59(69)60-33-14-16-43-70(60)85/h5-52H,1-4H3. The fraction of sp³-hybridized carbons (Fsp3) is 0.0824. The number of nitrogens with zero attached hydrogens (tertiary/aromatic N) is 2. The summed E-state index contributed by atoms with van der Waals surface area (Å²) in [5.41, 5.74) is 29.0. The second kappa shape index (κ2) is 18.2. The summed E-state index contributed by atoms with van der Waals surface area (Å²) in [6, 6.07) is 111. The highest BCUT2D eigenvalue weighted by atomic mass is 15.2. The predicted octanol–water partition coefficient (Wildman–Crippen LogP) is 22.7. The molecule has 4 aliphatic rings. The van der Waals surface area contributed by atoms with Gasteiger partial charge in [0.15, 0.2) is 0 Å². The van der Waals surface area contributed by atoms with Gasteiger partial charge in [0.1, 0.15) is 0 Å². The van der Waals surface area contributed by atoms with Crippen molar-refractivity contribution in [3.63, 3.8) is 0 Å². The normalized spacial score (nSPS) is 14.9. The molecular weight excluding hydrogens is 1050 g/mol. The fourth-order valence-corrected chi connectivity index (χ4v) is 16.7. The lowest BCUT2D eigenvalue weighted by Gasteiger charge is -2.43. The van der Waals surface area contributed by atoms with Crippen LogP contribution in [0.3, 0.4) is 0 Å². The summed E-state index contributed by atoms with van der Waals surface area (Å²) in [4.78, 5) is 5.08. The molecule has 1 spiro atoms. The molecule has 0 saturated heterocycles. The number of hydrogen-bond acceptors (Lipinski definition) is 2. The lowest BCUT2D eigenvalue weighted by molar-refractivity contribution is 0.632. The molecule has 14 aromatic carbocycles. The van der Waals surface area contributed by atoms with Gasteiger partial charge in [-0.05, 0) is 164 Å². The molecule has 2 nitrogen and oxygen atoms in total. The van der Waals surface area contributed by atoms with Crippen LogP contribution < -0.4 is 9.80 Å². The number of anilines is 6. The van der Waals surface area contributed by atoms with Crippen molar-refractivity contribution >= 4 is 66.4 Å². The Kier molecular flexibility index (Phi) is 10.4. The van der Waals surface area contributed by atoms with E-state index in [9.17, 15) is 0 Å². The van der Waals surface area contributed by atoms with E-state index in [0.29, 0.717) is 0 Å². The molecule has 18 rings (SSSR count). The molecule has 0 aromatic heterocycles. The lowest BCUT2D eigenvalue weighted by atomic mass is 9.68. The minimum absolute atomic E-state index is 0.293. The summed E-state index contributed by atoms with van der Waals surface area (Å²) in [5.74, 6) is 0. The number of benzene rings is 14. The average molecular weight is 1110 g/mol. The molecule has 2 aliphatic carbocycles. The van der Waals surface area contributed by atoms with Gasteiger partial charge in [0.25, 0.3) is 0 Å². The maximum absolute atomic E-state index is 2.57. The molecule has 0 fully saturated rings. The third kappa shape index (κ3) is 6.65. The van der Waals surface area contributed by atoms with Crippen LogP contribution in [0.1, 0.15) is 72.2 Å². The smallest absolute Gasteiger partial charge is 0.0731 e. The Morgan fingerprint density at radius 1 is 0.241 bits per heavy atom. The molecule has 0 amide bonds. The van der Waals surface area contributed by atoms with Crippen LogP contribution in [0, 0.1) is 0 Å². The third-order valence-electron chi connectivity index (χ3n) is 20.4. The van der Waals surface area contributed by atoms with Gasteiger partial charge in [0.05, 0.1) is 28.2 Å². The van der Waals surface area contributed by atoms with Crippen LogP contribution in [0.25, 0.3) is 88.0 Å². The summed E-state index contributed by atoms with van der Waals surface area (Å²) in [6.07, 6.45) is 0. The van der Waals surface area contributed by atoms with E-state index in [-0.39, 0.29) is 10.8 Å². The van der Waals surface area contributed by atoms with E-state index >= 15 is 0 Å². The zero-order valence-electron chi connectivity index (χ0n) is 49.1.